The predicted molar refractivity (Wildman–Crippen MR) is 86.8 cm³/mol. The SMILES string of the molecule is CCCc1cc(CN(C)c2nc(C)nc3sccc23)[nH]n1. The summed E-state index contributed by atoms with van der Waals surface area (Å²) in [6.45, 7) is 4.86. The molecule has 0 radical (unpaired) electrons. The number of rotatable bonds is 5. The van der Waals surface area contributed by atoms with Crippen molar-refractivity contribution in [3.8, 4) is 0 Å². The quantitative estimate of drug-likeness (QED) is 0.785. The van der Waals surface area contributed by atoms with Crippen molar-refractivity contribution in [2.24, 2.45) is 0 Å². The van der Waals surface area contributed by atoms with Crippen molar-refractivity contribution < 1.29 is 0 Å². The Labute approximate surface area is 128 Å². The highest BCUT2D eigenvalue weighted by atomic mass is 32.1. The molecule has 0 fully saturated rings. The molecule has 0 aliphatic rings. The summed E-state index contributed by atoms with van der Waals surface area (Å²) in [6.07, 6.45) is 2.13. The Kier molecular flexibility index (Phi) is 3.88. The summed E-state index contributed by atoms with van der Waals surface area (Å²) in [7, 11) is 2.05. The fourth-order valence-electron chi connectivity index (χ4n) is 2.44. The van der Waals surface area contributed by atoms with E-state index >= 15 is 0 Å². The first-order valence-electron chi connectivity index (χ1n) is 7.13. The maximum Gasteiger partial charge on any atom is 0.141 e. The van der Waals surface area contributed by atoms with E-state index in [0.29, 0.717) is 0 Å². The minimum Gasteiger partial charge on any atom is -0.353 e. The monoisotopic (exact) mass is 301 g/mol. The Morgan fingerprint density at radius 1 is 1.33 bits per heavy atom. The van der Waals surface area contributed by atoms with Crippen LogP contribution in [0.15, 0.2) is 17.5 Å². The molecule has 0 saturated heterocycles. The van der Waals surface area contributed by atoms with Crippen molar-refractivity contribution in [1.29, 1.82) is 0 Å². The smallest absolute Gasteiger partial charge is 0.141 e. The molecular formula is C15H19N5S. The zero-order valence-electron chi connectivity index (χ0n) is 12.6. The van der Waals surface area contributed by atoms with Crippen molar-refractivity contribution in [3.05, 3.63) is 34.7 Å². The molecule has 3 rings (SSSR count). The van der Waals surface area contributed by atoms with Crippen LogP contribution in [0.1, 0.15) is 30.6 Å². The Bertz CT molecular complexity index is 745. The third-order valence-electron chi connectivity index (χ3n) is 3.38. The second-order valence-electron chi connectivity index (χ2n) is 5.22. The highest BCUT2D eigenvalue weighted by Crippen LogP contribution is 2.27. The molecule has 0 saturated carbocycles. The third kappa shape index (κ3) is 2.90. The summed E-state index contributed by atoms with van der Waals surface area (Å²) < 4.78 is 0. The van der Waals surface area contributed by atoms with E-state index in [2.05, 4.69) is 56.5 Å². The Morgan fingerprint density at radius 3 is 3.00 bits per heavy atom. The van der Waals surface area contributed by atoms with Gasteiger partial charge in [-0.15, -0.1) is 11.3 Å². The minimum absolute atomic E-state index is 0.762. The number of anilines is 1. The lowest BCUT2D eigenvalue weighted by atomic mass is 10.2. The number of hydrogen-bond donors (Lipinski definition) is 1. The molecule has 1 N–H and O–H groups in total. The number of aromatic amines is 1. The molecule has 0 aliphatic carbocycles. The number of aryl methyl sites for hydroxylation is 2. The average Bonchev–Trinajstić information content (AvgIpc) is 3.07. The molecule has 0 atom stereocenters. The summed E-state index contributed by atoms with van der Waals surface area (Å²) in [5.74, 6) is 1.79. The maximum absolute atomic E-state index is 4.60. The minimum atomic E-state index is 0.762. The van der Waals surface area contributed by atoms with Gasteiger partial charge in [0.2, 0.25) is 0 Å². The van der Waals surface area contributed by atoms with Gasteiger partial charge in [-0.25, -0.2) is 9.97 Å². The van der Waals surface area contributed by atoms with Gasteiger partial charge in [0.1, 0.15) is 16.5 Å². The van der Waals surface area contributed by atoms with Crippen LogP contribution in [-0.2, 0) is 13.0 Å². The molecular weight excluding hydrogens is 282 g/mol. The van der Waals surface area contributed by atoms with Crippen LogP contribution in [0.4, 0.5) is 5.82 Å². The van der Waals surface area contributed by atoms with Crippen LogP contribution in [0.3, 0.4) is 0 Å². The highest BCUT2D eigenvalue weighted by Gasteiger charge is 2.12. The molecule has 3 heterocycles. The molecule has 3 aromatic rings. The van der Waals surface area contributed by atoms with Crippen LogP contribution in [0, 0.1) is 6.92 Å². The van der Waals surface area contributed by atoms with Crippen molar-refractivity contribution >= 4 is 27.4 Å². The summed E-state index contributed by atoms with van der Waals surface area (Å²) in [5, 5.41) is 10.6. The molecule has 3 aromatic heterocycles. The zero-order chi connectivity index (χ0) is 14.8. The van der Waals surface area contributed by atoms with Crippen LogP contribution in [-0.4, -0.2) is 27.2 Å². The van der Waals surface area contributed by atoms with E-state index in [1.807, 2.05) is 6.92 Å². The number of nitrogens with zero attached hydrogens (tertiary/aromatic N) is 4. The molecule has 0 aromatic carbocycles. The molecule has 0 amide bonds. The first kappa shape index (κ1) is 14.0. The van der Waals surface area contributed by atoms with Gasteiger partial charge in [0.15, 0.2) is 0 Å². The standard InChI is InChI=1S/C15H19N5S/c1-4-5-11-8-12(19-18-11)9-20(3)14-13-6-7-21-15(13)17-10(2)16-14/h6-8H,4-5,9H2,1-3H3,(H,18,19). The Morgan fingerprint density at radius 2 is 2.19 bits per heavy atom. The van der Waals surface area contributed by atoms with Gasteiger partial charge in [0.05, 0.1) is 23.3 Å². The topological polar surface area (TPSA) is 57.7 Å². The lowest BCUT2D eigenvalue weighted by molar-refractivity contribution is 0.837. The summed E-state index contributed by atoms with van der Waals surface area (Å²) in [5.41, 5.74) is 2.24. The van der Waals surface area contributed by atoms with E-state index in [1.54, 1.807) is 11.3 Å². The number of thiophene rings is 1. The third-order valence-corrected chi connectivity index (χ3v) is 4.18. The van der Waals surface area contributed by atoms with Crippen LogP contribution in [0.25, 0.3) is 10.2 Å². The van der Waals surface area contributed by atoms with Gasteiger partial charge in [-0.05, 0) is 30.9 Å². The Balaban J connectivity index is 1.85. The Hall–Kier alpha value is -1.95. The zero-order valence-corrected chi connectivity index (χ0v) is 13.4. The average molecular weight is 301 g/mol. The van der Waals surface area contributed by atoms with E-state index in [-0.39, 0.29) is 0 Å². The molecule has 0 spiro atoms. The van der Waals surface area contributed by atoms with Crippen molar-refractivity contribution in [3.63, 3.8) is 0 Å². The molecule has 6 heteroatoms. The maximum atomic E-state index is 4.60. The molecule has 0 unspecified atom stereocenters. The second-order valence-corrected chi connectivity index (χ2v) is 6.12. The summed E-state index contributed by atoms with van der Waals surface area (Å²) in [6, 6.07) is 4.22. The van der Waals surface area contributed by atoms with Gasteiger partial charge >= 0.3 is 0 Å². The number of hydrogen-bond acceptors (Lipinski definition) is 5. The largest absolute Gasteiger partial charge is 0.353 e. The van der Waals surface area contributed by atoms with E-state index < -0.39 is 0 Å². The van der Waals surface area contributed by atoms with Crippen LogP contribution >= 0.6 is 11.3 Å². The second kappa shape index (κ2) is 5.81. The van der Waals surface area contributed by atoms with Gasteiger partial charge in [0.25, 0.3) is 0 Å². The molecule has 21 heavy (non-hydrogen) atoms. The highest BCUT2D eigenvalue weighted by molar-refractivity contribution is 7.16. The van der Waals surface area contributed by atoms with E-state index in [9.17, 15) is 0 Å². The number of fused-ring (bicyclic) bond motifs is 1. The summed E-state index contributed by atoms with van der Waals surface area (Å²) in [4.78, 5) is 12.3. The first-order valence-corrected chi connectivity index (χ1v) is 8.01. The van der Waals surface area contributed by atoms with Crippen LogP contribution in [0.5, 0.6) is 0 Å². The van der Waals surface area contributed by atoms with Gasteiger partial charge in [-0.1, -0.05) is 13.3 Å². The van der Waals surface area contributed by atoms with E-state index in [0.717, 1.165) is 52.6 Å². The lowest BCUT2D eigenvalue weighted by Gasteiger charge is -2.18. The van der Waals surface area contributed by atoms with Gasteiger partial charge < -0.3 is 4.90 Å². The van der Waals surface area contributed by atoms with E-state index in [4.69, 9.17) is 0 Å². The normalized spacial score (nSPS) is 11.2. The fraction of sp³-hybridized carbons (Fsp3) is 0.400. The molecule has 0 bridgehead atoms. The molecule has 5 nitrogen and oxygen atoms in total. The van der Waals surface area contributed by atoms with Crippen molar-refractivity contribution in [2.75, 3.05) is 11.9 Å². The predicted octanol–water partition coefficient (Wildman–Crippen LogP) is 3.31. The number of nitrogens with one attached hydrogen (secondary N) is 1. The number of H-pyrrole nitrogens is 1. The fourth-order valence-corrected chi connectivity index (χ4v) is 3.24. The van der Waals surface area contributed by atoms with Gasteiger partial charge in [0, 0.05) is 7.05 Å². The van der Waals surface area contributed by atoms with E-state index in [1.165, 1.54) is 0 Å². The van der Waals surface area contributed by atoms with Crippen LogP contribution in [0.2, 0.25) is 0 Å². The number of aromatic nitrogens is 4. The van der Waals surface area contributed by atoms with Crippen molar-refractivity contribution in [1.82, 2.24) is 20.2 Å². The van der Waals surface area contributed by atoms with Gasteiger partial charge in [-0.2, -0.15) is 5.10 Å². The van der Waals surface area contributed by atoms with Gasteiger partial charge in [-0.3, -0.25) is 5.10 Å². The molecule has 110 valence electrons. The first-order chi connectivity index (χ1) is 10.2. The molecule has 0 aliphatic heterocycles. The van der Waals surface area contributed by atoms with Crippen molar-refractivity contribution in [2.45, 2.75) is 33.2 Å². The summed E-state index contributed by atoms with van der Waals surface area (Å²) >= 11 is 1.65. The van der Waals surface area contributed by atoms with Crippen LogP contribution < -0.4 is 4.90 Å². The lowest BCUT2D eigenvalue weighted by Crippen LogP contribution is -2.18.